The molecule has 0 aromatic carbocycles. The lowest BCUT2D eigenvalue weighted by atomic mass is 10.1. The molecule has 0 atom stereocenters. The van der Waals surface area contributed by atoms with Gasteiger partial charge in [0, 0.05) is 11.4 Å². The smallest absolute Gasteiger partial charge is 0.268 e. The Kier molecular flexibility index (Phi) is 2.14. The fourth-order valence-electron chi connectivity index (χ4n) is 2.07. The molecule has 1 aliphatic rings. The molecule has 2 aromatic heterocycles. The summed E-state index contributed by atoms with van der Waals surface area (Å²) in [6.45, 7) is 0. The van der Waals surface area contributed by atoms with Crippen LogP contribution in [0.4, 0.5) is 0 Å². The number of nitrogens with zero attached hydrogens (tertiary/aromatic N) is 2. The Hall–Kier alpha value is -2.23. The molecule has 17 heavy (non-hydrogen) atoms. The maximum absolute atomic E-state index is 12.3. The summed E-state index contributed by atoms with van der Waals surface area (Å²) in [6.07, 6.45) is 6.83. The summed E-state index contributed by atoms with van der Waals surface area (Å²) in [5.41, 5.74) is -0.124. The fourth-order valence-corrected chi connectivity index (χ4v) is 2.07. The molecule has 4 heteroatoms. The first-order valence-electron chi connectivity index (χ1n) is 5.49. The predicted molar refractivity (Wildman–Crippen MR) is 65.1 cm³/mol. The molecule has 0 saturated heterocycles. The second-order valence-corrected chi connectivity index (χ2v) is 3.96. The van der Waals surface area contributed by atoms with Gasteiger partial charge in [-0.2, -0.15) is 4.98 Å². The minimum absolute atomic E-state index is 0.179. The van der Waals surface area contributed by atoms with E-state index in [2.05, 4.69) is 4.98 Å². The minimum Gasteiger partial charge on any atom is -0.268 e. The van der Waals surface area contributed by atoms with Crippen molar-refractivity contribution < 1.29 is 0 Å². The van der Waals surface area contributed by atoms with Crippen LogP contribution >= 0.6 is 0 Å². The van der Waals surface area contributed by atoms with Crippen LogP contribution in [-0.2, 0) is 0 Å². The van der Waals surface area contributed by atoms with Crippen LogP contribution in [0.25, 0.3) is 17.8 Å². The van der Waals surface area contributed by atoms with Crippen molar-refractivity contribution in [3.63, 3.8) is 0 Å². The van der Waals surface area contributed by atoms with Gasteiger partial charge in [-0.3, -0.25) is 14.0 Å². The zero-order valence-corrected chi connectivity index (χ0v) is 9.09. The highest BCUT2D eigenvalue weighted by Gasteiger charge is 2.04. The van der Waals surface area contributed by atoms with Crippen LogP contribution in [-0.4, -0.2) is 9.38 Å². The summed E-state index contributed by atoms with van der Waals surface area (Å²) in [5, 5.41) is 0.907. The Morgan fingerprint density at radius 2 is 1.82 bits per heavy atom. The second-order valence-electron chi connectivity index (χ2n) is 3.96. The Morgan fingerprint density at radius 3 is 2.65 bits per heavy atom. The first-order valence-corrected chi connectivity index (χ1v) is 5.49. The summed E-state index contributed by atoms with van der Waals surface area (Å²) in [6, 6.07) is 5.17. The summed E-state index contributed by atoms with van der Waals surface area (Å²) >= 11 is 0. The molecule has 3 rings (SSSR count). The monoisotopic (exact) mass is 226 g/mol. The van der Waals surface area contributed by atoms with E-state index in [1.807, 2.05) is 6.08 Å². The van der Waals surface area contributed by atoms with Crippen molar-refractivity contribution in [1.82, 2.24) is 9.38 Å². The molecule has 0 aliphatic heterocycles. The molecule has 2 aromatic rings. The third-order valence-corrected chi connectivity index (χ3v) is 2.89. The van der Waals surface area contributed by atoms with Gasteiger partial charge in [0.25, 0.3) is 11.1 Å². The number of pyridine rings is 1. The Labute approximate surface area is 96.2 Å². The van der Waals surface area contributed by atoms with E-state index >= 15 is 0 Å². The molecule has 0 fully saturated rings. The van der Waals surface area contributed by atoms with Crippen molar-refractivity contribution in [2.24, 2.45) is 0 Å². The van der Waals surface area contributed by atoms with Gasteiger partial charge in [-0.15, -0.1) is 0 Å². The molecule has 0 saturated carbocycles. The number of hydrogen-bond acceptors (Lipinski definition) is 3. The molecule has 2 heterocycles. The van der Waals surface area contributed by atoms with Crippen LogP contribution in [0, 0.1) is 0 Å². The molecule has 0 amide bonds. The van der Waals surface area contributed by atoms with Crippen molar-refractivity contribution in [2.75, 3.05) is 0 Å². The Balaban J connectivity index is 2.78. The first kappa shape index (κ1) is 9.96. The van der Waals surface area contributed by atoms with Gasteiger partial charge >= 0.3 is 0 Å². The normalized spacial score (nSPS) is 13.6. The molecule has 0 bridgehead atoms. The zero-order chi connectivity index (χ0) is 11.8. The van der Waals surface area contributed by atoms with Gasteiger partial charge in [-0.25, -0.2) is 0 Å². The minimum atomic E-state index is -0.332. The summed E-state index contributed by atoms with van der Waals surface area (Å²) in [4.78, 5) is 28.1. The van der Waals surface area contributed by atoms with Crippen LogP contribution < -0.4 is 21.6 Å². The van der Waals surface area contributed by atoms with Crippen molar-refractivity contribution in [1.29, 1.82) is 0 Å². The predicted octanol–water partition coefficient (Wildman–Crippen LogP) is -0.591. The number of rotatable bonds is 0. The van der Waals surface area contributed by atoms with Crippen LogP contribution in [0.5, 0.6) is 0 Å². The standard InChI is InChI=1S/C13H10N2O2/c16-12-9-5-1-2-6-10(9)13(17)15-8-4-3-7-11(15)14-12/h3-8H,1-2H2. The molecule has 4 nitrogen and oxygen atoms in total. The third kappa shape index (κ3) is 1.49. The number of hydrogen-bond donors (Lipinski definition) is 0. The average molecular weight is 226 g/mol. The van der Waals surface area contributed by atoms with E-state index in [1.54, 1.807) is 30.5 Å². The van der Waals surface area contributed by atoms with E-state index in [0.29, 0.717) is 16.1 Å². The van der Waals surface area contributed by atoms with Crippen LogP contribution in [0.15, 0.2) is 34.0 Å². The van der Waals surface area contributed by atoms with Gasteiger partial charge in [0.2, 0.25) is 0 Å². The highest BCUT2D eigenvalue weighted by Crippen LogP contribution is 1.93. The lowest BCUT2D eigenvalue weighted by Gasteiger charge is -1.94. The maximum Gasteiger partial charge on any atom is 0.279 e. The van der Waals surface area contributed by atoms with Gasteiger partial charge in [-0.1, -0.05) is 18.2 Å². The van der Waals surface area contributed by atoms with E-state index < -0.39 is 0 Å². The molecule has 0 N–H and O–H groups in total. The average Bonchev–Trinajstić information content (AvgIpc) is 2.48. The summed E-state index contributed by atoms with van der Waals surface area (Å²) in [7, 11) is 0. The van der Waals surface area contributed by atoms with Gasteiger partial charge in [-0.05, 0) is 25.0 Å². The lowest BCUT2D eigenvalue weighted by Crippen LogP contribution is -2.47. The van der Waals surface area contributed by atoms with Crippen molar-refractivity contribution in [3.05, 3.63) is 55.5 Å². The molecule has 1 aliphatic carbocycles. The lowest BCUT2D eigenvalue weighted by molar-refractivity contribution is 1.05. The van der Waals surface area contributed by atoms with Gasteiger partial charge < -0.3 is 0 Å². The van der Waals surface area contributed by atoms with Crippen LogP contribution in [0.2, 0.25) is 0 Å². The van der Waals surface area contributed by atoms with Crippen molar-refractivity contribution in [2.45, 2.75) is 12.8 Å². The molecular formula is C13H10N2O2. The molecule has 0 unspecified atom stereocenters. The van der Waals surface area contributed by atoms with Crippen LogP contribution in [0.3, 0.4) is 0 Å². The van der Waals surface area contributed by atoms with E-state index in [0.717, 1.165) is 12.8 Å². The molecule has 84 valence electrons. The Morgan fingerprint density at radius 1 is 1.06 bits per heavy atom. The third-order valence-electron chi connectivity index (χ3n) is 2.89. The van der Waals surface area contributed by atoms with Crippen molar-refractivity contribution >= 4 is 17.8 Å². The van der Waals surface area contributed by atoms with Crippen LogP contribution in [0.1, 0.15) is 12.8 Å². The van der Waals surface area contributed by atoms with E-state index in [1.165, 1.54) is 4.40 Å². The molecular weight excluding hydrogens is 216 g/mol. The van der Waals surface area contributed by atoms with Gasteiger partial charge in [0.15, 0.2) is 0 Å². The summed E-state index contributed by atoms with van der Waals surface area (Å²) < 4.78 is 1.41. The zero-order valence-electron chi connectivity index (χ0n) is 9.09. The van der Waals surface area contributed by atoms with E-state index in [4.69, 9.17) is 0 Å². The summed E-state index contributed by atoms with van der Waals surface area (Å²) in [5.74, 6) is 0. The van der Waals surface area contributed by atoms with Gasteiger partial charge in [0.1, 0.15) is 5.65 Å². The van der Waals surface area contributed by atoms with Crippen molar-refractivity contribution in [3.8, 4) is 0 Å². The quantitative estimate of drug-likeness (QED) is 0.603. The second kappa shape index (κ2) is 3.66. The first-order chi connectivity index (χ1) is 8.27. The highest BCUT2D eigenvalue weighted by atomic mass is 16.1. The van der Waals surface area contributed by atoms with E-state index in [-0.39, 0.29) is 11.1 Å². The number of aromatic nitrogens is 2. The topological polar surface area (TPSA) is 51.4 Å². The highest BCUT2D eigenvalue weighted by molar-refractivity contribution is 5.41. The molecule has 0 spiro atoms. The molecule has 0 radical (unpaired) electrons. The van der Waals surface area contributed by atoms with E-state index in [9.17, 15) is 9.59 Å². The largest absolute Gasteiger partial charge is 0.279 e. The Bertz CT molecular complexity index is 835. The number of fused-ring (bicyclic) bond motifs is 2. The maximum atomic E-state index is 12.3. The van der Waals surface area contributed by atoms with Gasteiger partial charge in [0.05, 0.1) is 5.22 Å². The fraction of sp³-hybridized carbons (Fsp3) is 0.154. The SMILES string of the molecule is O=c1nc2ccccn2c(=O)c2c1=CCCC=2.